The molecule has 0 bridgehead atoms. The fourth-order valence-electron chi connectivity index (χ4n) is 2.26. The van der Waals surface area contributed by atoms with E-state index in [2.05, 4.69) is 5.32 Å². The van der Waals surface area contributed by atoms with E-state index >= 15 is 0 Å². The first kappa shape index (κ1) is 13.5. The number of imide groups is 1. The van der Waals surface area contributed by atoms with E-state index in [0.29, 0.717) is 6.42 Å². The van der Waals surface area contributed by atoms with Crippen molar-refractivity contribution in [3.8, 4) is 0 Å². The lowest BCUT2D eigenvalue weighted by atomic mass is 10.0. The lowest BCUT2D eigenvalue weighted by Gasteiger charge is -2.35. The molecule has 0 aliphatic carbocycles. The Kier molecular flexibility index (Phi) is 3.85. The van der Waals surface area contributed by atoms with Crippen molar-refractivity contribution in [3.63, 3.8) is 0 Å². The van der Waals surface area contributed by atoms with E-state index in [1.807, 2.05) is 31.2 Å². The topological polar surface area (TPSA) is 69.6 Å². The second kappa shape index (κ2) is 5.40. The molecule has 2 rings (SSSR count). The molecule has 1 aromatic carbocycles. The van der Waals surface area contributed by atoms with Gasteiger partial charge in [-0.25, -0.2) is 0 Å². The normalized spacial score (nSPS) is 21.2. The molecule has 1 aromatic rings. The Morgan fingerprint density at radius 2 is 2.11 bits per heavy atom. The van der Waals surface area contributed by atoms with Gasteiger partial charge in [-0.3, -0.25) is 14.9 Å². The summed E-state index contributed by atoms with van der Waals surface area (Å²) in [5, 5.41) is 12.4. The number of piperazine rings is 1. The maximum atomic E-state index is 11.7. The van der Waals surface area contributed by atoms with Crippen LogP contribution in [0.3, 0.4) is 0 Å². The third-order valence-electron chi connectivity index (χ3n) is 3.42. The van der Waals surface area contributed by atoms with Gasteiger partial charge in [-0.05, 0) is 19.4 Å². The molecule has 2 atom stereocenters. The summed E-state index contributed by atoms with van der Waals surface area (Å²) in [6, 6.07) is 6.91. The van der Waals surface area contributed by atoms with Gasteiger partial charge in [0.15, 0.2) is 0 Å². The molecule has 0 aromatic heterocycles. The van der Waals surface area contributed by atoms with Crippen LogP contribution in [0.25, 0.3) is 0 Å². The first-order valence-corrected chi connectivity index (χ1v) is 6.42. The van der Waals surface area contributed by atoms with Crippen molar-refractivity contribution in [1.82, 2.24) is 5.32 Å². The molecule has 1 unspecified atom stereocenters. The maximum Gasteiger partial charge on any atom is 0.249 e. The van der Waals surface area contributed by atoms with E-state index in [-0.39, 0.29) is 18.4 Å². The average Bonchev–Trinajstić information content (AvgIpc) is 2.42. The van der Waals surface area contributed by atoms with E-state index in [0.717, 1.165) is 11.3 Å². The lowest BCUT2D eigenvalue weighted by Crippen LogP contribution is -2.57. The predicted molar refractivity (Wildman–Crippen MR) is 71.7 cm³/mol. The minimum absolute atomic E-state index is 0.125. The summed E-state index contributed by atoms with van der Waals surface area (Å²) in [6.07, 6.45) is -0.0113. The summed E-state index contributed by atoms with van der Waals surface area (Å²) in [5.74, 6) is -0.624. The minimum Gasteiger partial charge on any atom is -0.388 e. The molecule has 0 spiro atoms. The van der Waals surface area contributed by atoms with Crippen LogP contribution in [-0.4, -0.2) is 29.5 Å². The molecule has 1 fully saturated rings. The van der Waals surface area contributed by atoms with Crippen molar-refractivity contribution in [1.29, 1.82) is 0 Å². The van der Waals surface area contributed by atoms with E-state index in [9.17, 15) is 14.7 Å². The molecule has 5 nitrogen and oxygen atoms in total. The summed E-state index contributed by atoms with van der Waals surface area (Å²) in [7, 11) is 0. The van der Waals surface area contributed by atoms with Gasteiger partial charge in [0.2, 0.25) is 11.8 Å². The van der Waals surface area contributed by atoms with Crippen LogP contribution >= 0.6 is 0 Å². The highest BCUT2D eigenvalue weighted by Crippen LogP contribution is 2.30. The Bertz CT molecular complexity index is 501. The van der Waals surface area contributed by atoms with Gasteiger partial charge in [0.05, 0.1) is 12.6 Å². The number of benzene rings is 1. The number of hydrogen-bond donors (Lipinski definition) is 2. The molecule has 1 heterocycles. The van der Waals surface area contributed by atoms with Gasteiger partial charge in [-0.15, -0.1) is 0 Å². The number of carbonyl (C=O) groups excluding carboxylic acids is 2. The molecule has 1 aliphatic rings. The lowest BCUT2D eigenvalue weighted by molar-refractivity contribution is -0.132. The van der Waals surface area contributed by atoms with Gasteiger partial charge in [-0.2, -0.15) is 0 Å². The number of nitrogens with one attached hydrogen (secondary N) is 1. The summed E-state index contributed by atoms with van der Waals surface area (Å²) >= 11 is 0. The third-order valence-corrected chi connectivity index (χ3v) is 3.42. The Hall–Kier alpha value is -1.88. The first-order valence-electron chi connectivity index (χ1n) is 6.42. The van der Waals surface area contributed by atoms with Crippen LogP contribution in [-0.2, 0) is 9.59 Å². The minimum atomic E-state index is -0.594. The van der Waals surface area contributed by atoms with Crippen LogP contribution in [0.2, 0.25) is 0 Å². The molecule has 1 saturated heterocycles. The summed E-state index contributed by atoms with van der Waals surface area (Å²) in [4.78, 5) is 25.0. The van der Waals surface area contributed by atoms with E-state index in [1.54, 1.807) is 11.8 Å². The molecule has 5 heteroatoms. The zero-order chi connectivity index (χ0) is 14.0. The number of aliphatic hydroxyl groups is 1. The Labute approximate surface area is 112 Å². The molecule has 0 radical (unpaired) electrons. The van der Waals surface area contributed by atoms with Gasteiger partial charge in [0, 0.05) is 11.3 Å². The Balaban J connectivity index is 2.40. The van der Waals surface area contributed by atoms with Crippen molar-refractivity contribution in [2.24, 2.45) is 0 Å². The number of hydrogen-bond acceptors (Lipinski definition) is 4. The van der Waals surface area contributed by atoms with Crippen molar-refractivity contribution >= 4 is 17.5 Å². The summed E-state index contributed by atoms with van der Waals surface area (Å²) in [6.45, 7) is 3.76. The van der Waals surface area contributed by atoms with Crippen LogP contribution in [0, 0.1) is 0 Å². The van der Waals surface area contributed by atoms with Crippen molar-refractivity contribution in [3.05, 3.63) is 29.8 Å². The highest BCUT2D eigenvalue weighted by molar-refractivity contribution is 6.04. The molecular weight excluding hydrogens is 244 g/mol. The van der Waals surface area contributed by atoms with Crippen LogP contribution < -0.4 is 10.2 Å². The molecular formula is C14H18N2O3. The number of anilines is 1. The zero-order valence-electron chi connectivity index (χ0n) is 11.1. The average molecular weight is 262 g/mol. The number of amides is 2. The van der Waals surface area contributed by atoms with Crippen LogP contribution in [0.15, 0.2) is 24.3 Å². The smallest absolute Gasteiger partial charge is 0.249 e. The molecule has 1 aliphatic heterocycles. The standard InChI is InChI=1S/C14H18N2O3/c1-3-12(17)10-6-4-5-7-11(10)16-8-13(18)15-14(19)9(16)2/h4-7,9,12,17H,3,8H2,1-2H3,(H,15,18,19)/t9?,12-/m1/s1. The summed E-state index contributed by atoms with van der Waals surface area (Å²) < 4.78 is 0. The fraction of sp³-hybridized carbons (Fsp3) is 0.429. The van der Waals surface area contributed by atoms with Crippen LogP contribution in [0.5, 0.6) is 0 Å². The molecule has 102 valence electrons. The second-order valence-electron chi connectivity index (χ2n) is 4.70. The molecule has 2 amide bonds. The number of carbonyl (C=O) groups is 2. The zero-order valence-corrected chi connectivity index (χ0v) is 11.1. The molecule has 19 heavy (non-hydrogen) atoms. The van der Waals surface area contributed by atoms with E-state index in [4.69, 9.17) is 0 Å². The number of nitrogens with zero attached hydrogens (tertiary/aromatic N) is 1. The van der Waals surface area contributed by atoms with Crippen LogP contribution in [0.4, 0.5) is 5.69 Å². The van der Waals surface area contributed by atoms with Crippen molar-refractivity contribution in [2.45, 2.75) is 32.4 Å². The van der Waals surface area contributed by atoms with E-state index in [1.165, 1.54) is 0 Å². The fourth-order valence-corrected chi connectivity index (χ4v) is 2.26. The third kappa shape index (κ3) is 2.61. The van der Waals surface area contributed by atoms with Crippen molar-refractivity contribution < 1.29 is 14.7 Å². The second-order valence-corrected chi connectivity index (χ2v) is 4.70. The highest BCUT2D eigenvalue weighted by Gasteiger charge is 2.31. The number of para-hydroxylation sites is 1. The number of aliphatic hydroxyl groups excluding tert-OH is 1. The van der Waals surface area contributed by atoms with Gasteiger partial charge in [-0.1, -0.05) is 25.1 Å². The highest BCUT2D eigenvalue weighted by atomic mass is 16.3. The predicted octanol–water partition coefficient (Wildman–Crippen LogP) is 0.981. The van der Waals surface area contributed by atoms with Crippen molar-refractivity contribution in [2.75, 3.05) is 11.4 Å². The monoisotopic (exact) mass is 262 g/mol. The number of rotatable bonds is 3. The molecule has 0 saturated carbocycles. The van der Waals surface area contributed by atoms with Gasteiger partial charge < -0.3 is 10.0 Å². The van der Waals surface area contributed by atoms with Crippen LogP contribution in [0.1, 0.15) is 31.9 Å². The quantitative estimate of drug-likeness (QED) is 0.797. The summed E-state index contributed by atoms with van der Waals surface area (Å²) in [5.41, 5.74) is 1.49. The maximum absolute atomic E-state index is 11.7. The van der Waals surface area contributed by atoms with Gasteiger partial charge >= 0.3 is 0 Å². The molecule has 2 N–H and O–H groups in total. The Morgan fingerprint density at radius 3 is 2.79 bits per heavy atom. The van der Waals surface area contributed by atoms with Gasteiger partial charge in [0.1, 0.15) is 6.04 Å². The van der Waals surface area contributed by atoms with E-state index < -0.39 is 12.1 Å². The largest absolute Gasteiger partial charge is 0.388 e. The first-order chi connectivity index (χ1) is 9.04. The Morgan fingerprint density at radius 1 is 1.42 bits per heavy atom. The van der Waals surface area contributed by atoms with Gasteiger partial charge in [0.25, 0.3) is 0 Å². The SMILES string of the molecule is CC[C@@H](O)c1ccccc1N1CC(=O)NC(=O)C1C.